The van der Waals surface area contributed by atoms with Crippen molar-refractivity contribution in [2.24, 2.45) is 5.92 Å². The van der Waals surface area contributed by atoms with Gasteiger partial charge in [-0.25, -0.2) is 4.98 Å². The van der Waals surface area contributed by atoms with Gasteiger partial charge in [0.15, 0.2) is 0 Å². The molecule has 0 amide bonds. The minimum absolute atomic E-state index is 0.0904. The summed E-state index contributed by atoms with van der Waals surface area (Å²) in [4.78, 5) is 18.7. The molecule has 0 aliphatic heterocycles. The molecule has 0 spiro atoms. The van der Waals surface area contributed by atoms with Crippen LogP contribution in [0.15, 0.2) is 6.20 Å². The highest BCUT2D eigenvalue weighted by atomic mass is 16.6. The summed E-state index contributed by atoms with van der Waals surface area (Å²) in [5, 5.41) is 17.1. The highest BCUT2D eigenvalue weighted by Crippen LogP contribution is 2.23. The van der Waals surface area contributed by atoms with E-state index in [1.165, 1.54) is 6.20 Å². The lowest BCUT2D eigenvalue weighted by Gasteiger charge is -2.15. The van der Waals surface area contributed by atoms with E-state index in [2.05, 4.69) is 34.4 Å². The molecule has 2 N–H and O–H groups in total. The minimum atomic E-state index is -0.459. The molecule has 118 valence electrons. The Morgan fingerprint density at radius 3 is 2.62 bits per heavy atom. The number of rotatable bonds is 9. The molecule has 1 aromatic rings. The Morgan fingerprint density at radius 1 is 1.33 bits per heavy atom. The first-order valence-corrected chi connectivity index (χ1v) is 7.45. The average molecular weight is 295 g/mol. The first-order valence-electron chi connectivity index (χ1n) is 7.45. The van der Waals surface area contributed by atoms with E-state index < -0.39 is 4.92 Å². The van der Waals surface area contributed by atoms with Gasteiger partial charge in [0.05, 0.1) is 4.92 Å². The predicted molar refractivity (Wildman–Crippen MR) is 84.6 cm³/mol. The maximum absolute atomic E-state index is 11.0. The van der Waals surface area contributed by atoms with Gasteiger partial charge >= 0.3 is 5.69 Å². The van der Waals surface area contributed by atoms with Crippen molar-refractivity contribution in [1.29, 1.82) is 0 Å². The summed E-state index contributed by atoms with van der Waals surface area (Å²) in [7, 11) is 0. The SMILES string of the molecule is CCNc1ncc([N+](=O)[O-])c(NC(C)CCCC(C)C)n1. The Labute approximate surface area is 125 Å². The lowest BCUT2D eigenvalue weighted by atomic mass is 10.0. The van der Waals surface area contributed by atoms with Gasteiger partial charge < -0.3 is 10.6 Å². The van der Waals surface area contributed by atoms with E-state index in [0.29, 0.717) is 18.4 Å². The lowest BCUT2D eigenvalue weighted by Crippen LogP contribution is -2.18. The van der Waals surface area contributed by atoms with Crippen molar-refractivity contribution in [2.45, 2.75) is 53.0 Å². The molecule has 0 bridgehead atoms. The highest BCUT2D eigenvalue weighted by molar-refractivity contribution is 5.57. The Kier molecular flexibility index (Phi) is 6.84. The van der Waals surface area contributed by atoms with Crippen LogP contribution in [0.25, 0.3) is 0 Å². The summed E-state index contributed by atoms with van der Waals surface area (Å²) in [6.07, 6.45) is 4.44. The van der Waals surface area contributed by atoms with Crippen LogP contribution in [0, 0.1) is 16.0 Å². The van der Waals surface area contributed by atoms with Crippen molar-refractivity contribution >= 4 is 17.5 Å². The first kappa shape index (κ1) is 17.1. The summed E-state index contributed by atoms with van der Waals surface area (Å²) < 4.78 is 0. The van der Waals surface area contributed by atoms with E-state index >= 15 is 0 Å². The molecule has 1 heterocycles. The van der Waals surface area contributed by atoms with Crippen molar-refractivity contribution in [3.05, 3.63) is 16.3 Å². The van der Waals surface area contributed by atoms with E-state index in [-0.39, 0.29) is 17.5 Å². The van der Waals surface area contributed by atoms with E-state index in [0.717, 1.165) is 19.3 Å². The molecule has 1 rings (SSSR count). The molecule has 7 heteroatoms. The summed E-state index contributed by atoms with van der Waals surface area (Å²) in [5.41, 5.74) is -0.0904. The van der Waals surface area contributed by atoms with Gasteiger partial charge in [0.1, 0.15) is 6.20 Å². The largest absolute Gasteiger partial charge is 0.362 e. The van der Waals surface area contributed by atoms with Crippen molar-refractivity contribution < 1.29 is 4.92 Å². The number of nitro groups is 1. The molecule has 0 saturated heterocycles. The minimum Gasteiger partial charge on any atom is -0.362 e. The van der Waals surface area contributed by atoms with Crippen LogP contribution in [0.2, 0.25) is 0 Å². The summed E-state index contributed by atoms with van der Waals surface area (Å²) in [6.45, 7) is 8.98. The fraction of sp³-hybridized carbons (Fsp3) is 0.714. The number of nitrogens with one attached hydrogen (secondary N) is 2. The van der Waals surface area contributed by atoms with Crippen LogP contribution in [0.4, 0.5) is 17.5 Å². The molecular weight excluding hydrogens is 270 g/mol. The highest BCUT2D eigenvalue weighted by Gasteiger charge is 2.18. The molecule has 0 aliphatic carbocycles. The molecule has 1 aromatic heterocycles. The third-order valence-corrected chi connectivity index (χ3v) is 3.10. The Balaban J connectivity index is 2.74. The monoisotopic (exact) mass is 295 g/mol. The Morgan fingerprint density at radius 2 is 2.05 bits per heavy atom. The van der Waals surface area contributed by atoms with Crippen LogP contribution in [-0.4, -0.2) is 27.5 Å². The fourth-order valence-corrected chi connectivity index (χ4v) is 2.00. The smallest absolute Gasteiger partial charge is 0.329 e. The molecular formula is C14H25N5O2. The molecule has 0 saturated carbocycles. The van der Waals surface area contributed by atoms with E-state index in [4.69, 9.17) is 0 Å². The molecule has 0 radical (unpaired) electrons. The fourth-order valence-electron chi connectivity index (χ4n) is 2.00. The second kappa shape index (κ2) is 8.39. The first-order chi connectivity index (χ1) is 9.93. The summed E-state index contributed by atoms with van der Waals surface area (Å²) in [6, 6.07) is 0.131. The van der Waals surface area contributed by atoms with Crippen LogP contribution in [0.1, 0.15) is 47.0 Å². The number of anilines is 2. The zero-order valence-corrected chi connectivity index (χ0v) is 13.2. The zero-order chi connectivity index (χ0) is 15.8. The van der Waals surface area contributed by atoms with Gasteiger partial charge in [0, 0.05) is 12.6 Å². The lowest BCUT2D eigenvalue weighted by molar-refractivity contribution is -0.384. The number of nitrogens with zero attached hydrogens (tertiary/aromatic N) is 3. The maximum atomic E-state index is 11.0. The predicted octanol–water partition coefficient (Wildman–Crippen LogP) is 3.44. The normalized spacial score (nSPS) is 12.2. The van der Waals surface area contributed by atoms with Gasteiger partial charge in [0.25, 0.3) is 0 Å². The molecule has 0 aliphatic rings. The Bertz CT molecular complexity index is 465. The third-order valence-electron chi connectivity index (χ3n) is 3.10. The molecule has 0 aromatic carbocycles. The van der Waals surface area contributed by atoms with Gasteiger partial charge in [-0.3, -0.25) is 10.1 Å². The van der Waals surface area contributed by atoms with Crippen LogP contribution in [-0.2, 0) is 0 Å². The second-order valence-corrected chi connectivity index (χ2v) is 5.59. The maximum Gasteiger partial charge on any atom is 0.329 e. The number of hydrogen-bond acceptors (Lipinski definition) is 6. The molecule has 1 unspecified atom stereocenters. The van der Waals surface area contributed by atoms with Crippen molar-refractivity contribution in [3.8, 4) is 0 Å². The summed E-state index contributed by atoms with van der Waals surface area (Å²) >= 11 is 0. The molecule has 1 atom stereocenters. The van der Waals surface area contributed by atoms with Crippen LogP contribution >= 0.6 is 0 Å². The van der Waals surface area contributed by atoms with Crippen molar-refractivity contribution in [1.82, 2.24) is 9.97 Å². The standard InChI is InChI=1S/C14H25N5O2/c1-5-15-14-16-9-12(19(20)21)13(18-14)17-11(4)8-6-7-10(2)3/h9-11H,5-8H2,1-4H3,(H2,15,16,17,18). The van der Waals surface area contributed by atoms with Crippen LogP contribution in [0.5, 0.6) is 0 Å². The van der Waals surface area contributed by atoms with Gasteiger partial charge in [-0.1, -0.05) is 26.7 Å². The van der Waals surface area contributed by atoms with E-state index in [1.54, 1.807) is 0 Å². The van der Waals surface area contributed by atoms with Crippen LogP contribution < -0.4 is 10.6 Å². The second-order valence-electron chi connectivity index (χ2n) is 5.59. The topological polar surface area (TPSA) is 93.0 Å². The average Bonchev–Trinajstić information content (AvgIpc) is 2.38. The Hall–Kier alpha value is -1.92. The number of aromatic nitrogens is 2. The van der Waals surface area contributed by atoms with Gasteiger partial charge in [-0.2, -0.15) is 4.98 Å². The number of hydrogen-bond donors (Lipinski definition) is 2. The van der Waals surface area contributed by atoms with E-state index in [1.807, 2.05) is 13.8 Å². The van der Waals surface area contributed by atoms with Crippen molar-refractivity contribution in [2.75, 3.05) is 17.2 Å². The van der Waals surface area contributed by atoms with E-state index in [9.17, 15) is 10.1 Å². The molecule has 7 nitrogen and oxygen atoms in total. The van der Waals surface area contributed by atoms with Gasteiger partial charge in [-0.05, 0) is 26.2 Å². The molecule has 0 fully saturated rings. The van der Waals surface area contributed by atoms with Crippen molar-refractivity contribution in [3.63, 3.8) is 0 Å². The third kappa shape index (κ3) is 5.93. The van der Waals surface area contributed by atoms with Gasteiger partial charge in [-0.15, -0.1) is 0 Å². The zero-order valence-electron chi connectivity index (χ0n) is 13.2. The van der Waals surface area contributed by atoms with Gasteiger partial charge in [0.2, 0.25) is 11.8 Å². The molecule has 21 heavy (non-hydrogen) atoms. The summed E-state index contributed by atoms with van der Waals surface area (Å²) in [5.74, 6) is 1.36. The quantitative estimate of drug-likeness (QED) is 0.535. The van der Waals surface area contributed by atoms with Crippen LogP contribution in [0.3, 0.4) is 0 Å².